The zero-order valence-electron chi connectivity index (χ0n) is 13.0. The fraction of sp³-hybridized carbons (Fsp3) is 0.588. The number of ether oxygens (including phenoxy) is 1. The number of nitrogens with zero attached hydrogens (tertiary/aromatic N) is 2. The van der Waals surface area contributed by atoms with Gasteiger partial charge < -0.3 is 9.64 Å². The summed E-state index contributed by atoms with van der Waals surface area (Å²) in [5, 5.41) is 0. The van der Waals surface area contributed by atoms with E-state index in [9.17, 15) is 4.79 Å². The number of piperazine rings is 1. The van der Waals surface area contributed by atoms with Crippen LogP contribution in [-0.4, -0.2) is 54.0 Å². The number of carbonyl (C=O) groups is 1. The van der Waals surface area contributed by atoms with Crippen molar-refractivity contribution in [2.45, 2.75) is 44.5 Å². The van der Waals surface area contributed by atoms with E-state index in [1.54, 1.807) is 7.11 Å². The summed E-state index contributed by atoms with van der Waals surface area (Å²) in [7, 11) is 1.62. The fourth-order valence-electron chi connectivity index (χ4n) is 3.57. The third kappa shape index (κ3) is 2.58. The molecule has 3 atom stereocenters. The predicted octanol–water partition coefficient (Wildman–Crippen LogP) is 2.07. The number of likely N-dealkylation sites (tertiary alicyclic amines) is 2. The molecule has 0 N–H and O–H groups in total. The van der Waals surface area contributed by atoms with Crippen LogP contribution in [0.1, 0.15) is 31.9 Å². The third-order valence-corrected chi connectivity index (χ3v) is 4.77. The topological polar surface area (TPSA) is 32.8 Å². The van der Waals surface area contributed by atoms with Crippen molar-refractivity contribution in [1.29, 1.82) is 0 Å². The van der Waals surface area contributed by atoms with E-state index in [2.05, 4.69) is 23.6 Å². The van der Waals surface area contributed by atoms with Gasteiger partial charge in [0, 0.05) is 38.3 Å². The van der Waals surface area contributed by atoms with Crippen LogP contribution in [0.2, 0.25) is 0 Å². The fourth-order valence-corrected chi connectivity index (χ4v) is 3.57. The average Bonchev–Trinajstić information content (AvgIpc) is 2.49. The lowest BCUT2D eigenvalue weighted by Crippen LogP contribution is -2.71. The van der Waals surface area contributed by atoms with Crippen LogP contribution in [-0.2, 0) is 9.53 Å². The third-order valence-electron chi connectivity index (χ3n) is 4.77. The van der Waals surface area contributed by atoms with Crippen molar-refractivity contribution < 1.29 is 9.53 Å². The first-order chi connectivity index (χ1) is 10.1. The van der Waals surface area contributed by atoms with Gasteiger partial charge in [-0.2, -0.15) is 0 Å². The number of methoxy groups -OCH3 is 1. The highest BCUT2D eigenvalue weighted by atomic mass is 16.5. The number of fused-ring (bicyclic) bond motifs is 2. The molecule has 1 aromatic carbocycles. The summed E-state index contributed by atoms with van der Waals surface area (Å²) in [5.74, 6) is 0.119. The van der Waals surface area contributed by atoms with Crippen molar-refractivity contribution in [3.63, 3.8) is 0 Å². The van der Waals surface area contributed by atoms with Crippen molar-refractivity contribution in [2.24, 2.45) is 0 Å². The quantitative estimate of drug-likeness (QED) is 0.850. The lowest BCUT2D eigenvalue weighted by molar-refractivity contribution is -0.166. The standard InChI is InChI=1S/C17H24N2O2/c1-12(2)18-10-14-9-15(11-18)19(14)17(20)16(21-3)13-7-5-4-6-8-13/h4-8,12,14-16H,9-11H2,1-3H3. The summed E-state index contributed by atoms with van der Waals surface area (Å²) in [6.45, 7) is 6.42. The molecule has 0 aromatic heterocycles. The van der Waals surface area contributed by atoms with E-state index >= 15 is 0 Å². The molecule has 2 fully saturated rings. The molecule has 3 unspecified atom stereocenters. The molecule has 0 spiro atoms. The van der Waals surface area contributed by atoms with Crippen LogP contribution in [0.4, 0.5) is 0 Å². The maximum atomic E-state index is 12.8. The smallest absolute Gasteiger partial charge is 0.256 e. The average molecular weight is 288 g/mol. The molecule has 2 aliphatic heterocycles. The van der Waals surface area contributed by atoms with Crippen LogP contribution in [0.3, 0.4) is 0 Å². The highest BCUT2D eigenvalue weighted by Crippen LogP contribution is 2.36. The molecule has 0 saturated carbocycles. The van der Waals surface area contributed by atoms with Crippen LogP contribution in [0, 0.1) is 0 Å². The number of piperidine rings is 1. The minimum atomic E-state index is -0.470. The number of amides is 1. The Hall–Kier alpha value is -1.39. The van der Waals surface area contributed by atoms with Crippen molar-refractivity contribution >= 4 is 5.91 Å². The summed E-state index contributed by atoms with van der Waals surface area (Å²) < 4.78 is 5.49. The Morgan fingerprint density at radius 2 is 1.81 bits per heavy atom. The highest BCUT2D eigenvalue weighted by molar-refractivity contribution is 5.84. The first kappa shape index (κ1) is 14.5. The second kappa shape index (κ2) is 5.78. The Kier molecular flexibility index (Phi) is 4.00. The zero-order chi connectivity index (χ0) is 15.0. The molecule has 21 heavy (non-hydrogen) atoms. The van der Waals surface area contributed by atoms with Crippen LogP contribution < -0.4 is 0 Å². The van der Waals surface area contributed by atoms with E-state index < -0.39 is 6.10 Å². The van der Waals surface area contributed by atoms with E-state index in [1.807, 2.05) is 30.3 Å². The first-order valence-electron chi connectivity index (χ1n) is 7.75. The minimum Gasteiger partial charge on any atom is -0.367 e. The summed E-state index contributed by atoms with van der Waals surface area (Å²) in [5.41, 5.74) is 0.940. The van der Waals surface area contributed by atoms with Gasteiger partial charge in [0.2, 0.25) is 0 Å². The molecule has 0 radical (unpaired) electrons. The van der Waals surface area contributed by atoms with Crippen LogP contribution in [0.15, 0.2) is 30.3 Å². The minimum absolute atomic E-state index is 0.119. The molecular formula is C17H24N2O2. The van der Waals surface area contributed by atoms with Crippen LogP contribution in [0.5, 0.6) is 0 Å². The number of rotatable bonds is 4. The molecule has 1 aromatic rings. The van der Waals surface area contributed by atoms with Gasteiger partial charge >= 0.3 is 0 Å². The monoisotopic (exact) mass is 288 g/mol. The van der Waals surface area contributed by atoms with Gasteiger partial charge in [0.1, 0.15) is 0 Å². The Bertz CT molecular complexity index is 491. The maximum absolute atomic E-state index is 12.8. The maximum Gasteiger partial charge on any atom is 0.256 e. The molecule has 2 heterocycles. The van der Waals surface area contributed by atoms with Crippen molar-refractivity contribution in [2.75, 3.05) is 20.2 Å². The molecule has 2 bridgehead atoms. The van der Waals surface area contributed by atoms with E-state index in [-0.39, 0.29) is 5.91 Å². The molecule has 114 valence electrons. The van der Waals surface area contributed by atoms with E-state index in [1.165, 1.54) is 0 Å². The molecule has 2 saturated heterocycles. The Balaban J connectivity index is 1.72. The Morgan fingerprint density at radius 3 is 2.33 bits per heavy atom. The van der Waals surface area contributed by atoms with Crippen LogP contribution >= 0.6 is 0 Å². The molecule has 4 nitrogen and oxygen atoms in total. The molecule has 0 aliphatic carbocycles. The normalized spacial score (nSPS) is 26.6. The Morgan fingerprint density at radius 1 is 1.19 bits per heavy atom. The van der Waals surface area contributed by atoms with Gasteiger partial charge in [0.25, 0.3) is 5.91 Å². The molecule has 1 amide bonds. The summed E-state index contributed by atoms with van der Waals surface area (Å²) in [6, 6.07) is 11.1. The highest BCUT2D eigenvalue weighted by Gasteiger charge is 2.49. The van der Waals surface area contributed by atoms with Gasteiger partial charge in [-0.1, -0.05) is 30.3 Å². The first-order valence-corrected chi connectivity index (χ1v) is 7.75. The van der Waals surface area contributed by atoms with E-state index in [0.717, 1.165) is 25.1 Å². The molecule has 4 heteroatoms. The summed E-state index contributed by atoms with van der Waals surface area (Å²) >= 11 is 0. The molecule has 3 rings (SSSR count). The van der Waals surface area contributed by atoms with Gasteiger partial charge in [0.05, 0.1) is 0 Å². The van der Waals surface area contributed by atoms with Gasteiger partial charge in [-0.3, -0.25) is 9.69 Å². The largest absolute Gasteiger partial charge is 0.367 e. The summed E-state index contributed by atoms with van der Waals surface area (Å²) in [6.07, 6.45) is 0.669. The molecule has 2 aliphatic rings. The van der Waals surface area contributed by atoms with Crippen molar-refractivity contribution in [3.8, 4) is 0 Å². The number of benzene rings is 1. The lowest BCUT2D eigenvalue weighted by atomic mass is 9.85. The van der Waals surface area contributed by atoms with Gasteiger partial charge in [-0.05, 0) is 25.8 Å². The van der Waals surface area contributed by atoms with Gasteiger partial charge in [0.15, 0.2) is 6.10 Å². The van der Waals surface area contributed by atoms with Gasteiger partial charge in [-0.15, -0.1) is 0 Å². The predicted molar refractivity (Wildman–Crippen MR) is 81.9 cm³/mol. The van der Waals surface area contributed by atoms with E-state index in [0.29, 0.717) is 18.1 Å². The zero-order valence-corrected chi connectivity index (χ0v) is 13.0. The van der Waals surface area contributed by atoms with Gasteiger partial charge in [-0.25, -0.2) is 0 Å². The Labute approximate surface area is 126 Å². The summed E-state index contributed by atoms with van der Waals surface area (Å²) in [4.78, 5) is 17.4. The van der Waals surface area contributed by atoms with Crippen LogP contribution in [0.25, 0.3) is 0 Å². The lowest BCUT2D eigenvalue weighted by Gasteiger charge is -2.57. The number of hydrogen-bond acceptors (Lipinski definition) is 3. The second-order valence-corrected chi connectivity index (χ2v) is 6.36. The number of hydrogen-bond donors (Lipinski definition) is 0. The van der Waals surface area contributed by atoms with Crippen molar-refractivity contribution in [1.82, 2.24) is 9.80 Å². The SMILES string of the molecule is COC(C(=O)N1C2CC1CN(C(C)C)C2)c1ccccc1. The number of carbonyl (C=O) groups excluding carboxylic acids is 1. The van der Waals surface area contributed by atoms with E-state index in [4.69, 9.17) is 4.74 Å². The molecular weight excluding hydrogens is 264 g/mol. The van der Waals surface area contributed by atoms with Crippen molar-refractivity contribution in [3.05, 3.63) is 35.9 Å². The second-order valence-electron chi connectivity index (χ2n) is 6.36.